The molecule has 0 spiro atoms. The van der Waals surface area contributed by atoms with Crippen molar-refractivity contribution in [3.8, 4) is 0 Å². The van der Waals surface area contributed by atoms with Crippen LogP contribution in [0.25, 0.3) is 0 Å². The van der Waals surface area contributed by atoms with Crippen molar-refractivity contribution in [2.75, 3.05) is 7.05 Å². The van der Waals surface area contributed by atoms with Crippen molar-refractivity contribution in [3.63, 3.8) is 0 Å². The Morgan fingerprint density at radius 2 is 1.73 bits per heavy atom. The van der Waals surface area contributed by atoms with Gasteiger partial charge in [-0.2, -0.15) is 5.10 Å². The summed E-state index contributed by atoms with van der Waals surface area (Å²) in [7, 11) is 1.72. The molecule has 0 N–H and O–H groups in total. The van der Waals surface area contributed by atoms with E-state index in [1.165, 1.54) is 16.8 Å². The lowest BCUT2D eigenvalue weighted by molar-refractivity contribution is 0.0776. The number of nitrogens with zero attached hydrogens (tertiary/aromatic N) is 3. The minimum Gasteiger partial charge on any atom is -0.336 e. The first-order valence-corrected chi connectivity index (χ1v) is 8.95. The first kappa shape index (κ1) is 18.1. The fraction of sp³-hybridized carbons (Fsp3) is 0.150. The van der Waals surface area contributed by atoms with E-state index >= 15 is 0 Å². The van der Waals surface area contributed by atoms with Gasteiger partial charge in [0.05, 0.1) is 6.54 Å². The number of halogens is 1. The Morgan fingerprint density at radius 3 is 2.46 bits per heavy atom. The summed E-state index contributed by atoms with van der Waals surface area (Å²) >= 11 is 3.49. The van der Waals surface area contributed by atoms with Gasteiger partial charge >= 0.3 is 0 Å². The molecular weight excluding hydrogens is 394 g/mol. The van der Waals surface area contributed by atoms with Crippen molar-refractivity contribution >= 4 is 21.8 Å². The average molecular weight is 412 g/mol. The van der Waals surface area contributed by atoms with Crippen LogP contribution in [0.5, 0.6) is 0 Å². The highest BCUT2D eigenvalue weighted by Gasteiger charge is 2.16. The summed E-state index contributed by atoms with van der Waals surface area (Å²) in [6, 6.07) is 20.2. The van der Waals surface area contributed by atoms with Gasteiger partial charge in [-0.05, 0) is 23.3 Å². The highest BCUT2D eigenvalue weighted by molar-refractivity contribution is 9.10. The van der Waals surface area contributed by atoms with Crippen molar-refractivity contribution in [2.24, 2.45) is 0 Å². The molecule has 0 saturated carbocycles. The van der Waals surface area contributed by atoms with Crippen LogP contribution < -0.4 is 5.56 Å². The van der Waals surface area contributed by atoms with Crippen molar-refractivity contribution in [1.82, 2.24) is 14.7 Å². The molecule has 0 radical (unpaired) electrons. The van der Waals surface area contributed by atoms with Crippen LogP contribution in [0.1, 0.15) is 21.6 Å². The van der Waals surface area contributed by atoms with E-state index in [9.17, 15) is 9.59 Å². The zero-order chi connectivity index (χ0) is 18.5. The largest absolute Gasteiger partial charge is 0.336 e. The summed E-state index contributed by atoms with van der Waals surface area (Å²) in [5.41, 5.74) is 1.96. The first-order valence-electron chi connectivity index (χ1n) is 8.15. The molecule has 26 heavy (non-hydrogen) atoms. The van der Waals surface area contributed by atoms with Crippen LogP contribution in [0.4, 0.5) is 0 Å². The molecular formula is C20H18BrN3O2. The lowest BCUT2D eigenvalue weighted by atomic mass is 10.2. The number of carbonyl (C=O) groups excluding carboxylic acids is 1. The van der Waals surface area contributed by atoms with Gasteiger partial charge in [0.2, 0.25) is 0 Å². The molecule has 1 heterocycles. The summed E-state index contributed by atoms with van der Waals surface area (Å²) in [5.74, 6) is -0.234. The van der Waals surface area contributed by atoms with E-state index in [2.05, 4.69) is 21.0 Å². The predicted octanol–water partition coefficient (Wildman–Crippen LogP) is 3.33. The molecule has 6 heteroatoms. The van der Waals surface area contributed by atoms with Gasteiger partial charge in [0, 0.05) is 24.1 Å². The summed E-state index contributed by atoms with van der Waals surface area (Å²) in [5, 5.41) is 4.25. The molecule has 2 aromatic carbocycles. The standard InChI is InChI=1S/C20H18BrN3O2/c1-23(14-16-9-5-6-10-17(16)21)20(26)18-11-12-19(25)24(22-18)13-15-7-3-2-4-8-15/h2-12H,13-14H2,1H3. The second-order valence-corrected chi connectivity index (χ2v) is 6.81. The summed E-state index contributed by atoms with van der Waals surface area (Å²) < 4.78 is 2.26. The zero-order valence-corrected chi connectivity index (χ0v) is 15.9. The maximum absolute atomic E-state index is 12.7. The minimum absolute atomic E-state index is 0.234. The molecule has 0 aliphatic rings. The second-order valence-electron chi connectivity index (χ2n) is 5.95. The van der Waals surface area contributed by atoms with E-state index < -0.39 is 0 Å². The predicted molar refractivity (Wildman–Crippen MR) is 104 cm³/mol. The van der Waals surface area contributed by atoms with Gasteiger partial charge in [-0.15, -0.1) is 0 Å². The molecule has 0 atom stereocenters. The number of hydrogen-bond donors (Lipinski definition) is 0. The van der Waals surface area contributed by atoms with Gasteiger partial charge in [0.1, 0.15) is 5.69 Å². The van der Waals surface area contributed by atoms with Crippen molar-refractivity contribution in [2.45, 2.75) is 13.1 Å². The van der Waals surface area contributed by atoms with E-state index in [1.54, 1.807) is 11.9 Å². The van der Waals surface area contributed by atoms with Gasteiger partial charge in [0.25, 0.3) is 11.5 Å². The quantitative estimate of drug-likeness (QED) is 0.646. The average Bonchev–Trinajstić information content (AvgIpc) is 2.65. The Morgan fingerprint density at radius 1 is 1.04 bits per heavy atom. The molecule has 0 fully saturated rings. The molecule has 5 nitrogen and oxygen atoms in total. The smallest absolute Gasteiger partial charge is 0.274 e. The summed E-state index contributed by atoms with van der Waals surface area (Å²) in [6.45, 7) is 0.772. The fourth-order valence-corrected chi connectivity index (χ4v) is 2.99. The SMILES string of the molecule is CN(Cc1ccccc1Br)C(=O)c1ccc(=O)n(Cc2ccccc2)n1. The molecule has 0 bridgehead atoms. The van der Waals surface area contributed by atoms with E-state index in [0.717, 1.165) is 15.6 Å². The lowest BCUT2D eigenvalue weighted by Gasteiger charge is -2.18. The highest BCUT2D eigenvalue weighted by atomic mass is 79.9. The Hall–Kier alpha value is -2.73. The second kappa shape index (κ2) is 8.10. The topological polar surface area (TPSA) is 55.2 Å². The van der Waals surface area contributed by atoms with Crippen LogP contribution in [-0.4, -0.2) is 27.6 Å². The van der Waals surface area contributed by atoms with Crippen LogP contribution in [0.2, 0.25) is 0 Å². The lowest BCUT2D eigenvalue weighted by Crippen LogP contribution is -2.31. The summed E-state index contributed by atoms with van der Waals surface area (Å²) in [6.07, 6.45) is 0. The number of carbonyl (C=O) groups is 1. The molecule has 1 aromatic heterocycles. The van der Waals surface area contributed by atoms with E-state index in [1.807, 2.05) is 54.6 Å². The Kier molecular flexibility index (Phi) is 5.63. The van der Waals surface area contributed by atoms with Crippen LogP contribution in [-0.2, 0) is 13.1 Å². The minimum atomic E-state index is -0.237. The number of benzene rings is 2. The zero-order valence-electron chi connectivity index (χ0n) is 14.3. The third-order valence-corrected chi connectivity index (χ3v) is 4.75. The van der Waals surface area contributed by atoms with Gasteiger partial charge in [-0.3, -0.25) is 9.59 Å². The van der Waals surface area contributed by atoms with Crippen LogP contribution in [0, 0.1) is 0 Å². The van der Waals surface area contributed by atoms with E-state index in [0.29, 0.717) is 13.1 Å². The Balaban J connectivity index is 1.80. The molecule has 0 aliphatic heterocycles. The Labute approximate surface area is 160 Å². The Bertz CT molecular complexity index is 970. The molecule has 1 amide bonds. The van der Waals surface area contributed by atoms with Crippen LogP contribution >= 0.6 is 15.9 Å². The van der Waals surface area contributed by atoms with Crippen molar-refractivity contribution in [3.05, 3.63) is 98.4 Å². The normalized spacial score (nSPS) is 10.5. The fourth-order valence-electron chi connectivity index (χ4n) is 2.58. The molecule has 3 aromatic rings. The van der Waals surface area contributed by atoms with Gasteiger partial charge in [-0.1, -0.05) is 64.5 Å². The number of aromatic nitrogens is 2. The van der Waals surface area contributed by atoms with Gasteiger partial charge in [-0.25, -0.2) is 4.68 Å². The maximum atomic E-state index is 12.7. The van der Waals surface area contributed by atoms with E-state index in [-0.39, 0.29) is 17.2 Å². The van der Waals surface area contributed by atoms with Crippen LogP contribution in [0.3, 0.4) is 0 Å². The van der Waals surface area contributed by atoms with Crippen LogP contribution in [0.15, 0.2) is 76.0 Å². The molecule has 0 saturated heterocycles. The third-order valence-electron chi connectivity index (χ3n) is 3.97. The summed E-state index contributed by atoms with van der Waals surface area (Å²) in [4.78, 5) is 26.4. The maximum Gasteiger partial charge on any atom is 0.274 e. The van der Waals surface area contributed by atoms with Crippen molar-refractivity contribution < 1.29 is 4.79 Å². The van der Waals surface area contributed by atoms with Gasteiger partial charge < -0.3 is 4.90 Å². The number of amides is 1. The van der Waals surface area contributed by atoms with Crippen molar-refractivity contribution in [1.29, 1.82) is 0 Å². The van der Waals surface area contributed by atoms with Gasteiger partial charge in [0.15, 0.2) is 0 Å². The molecule has 0 unspecified atom stereocenters. The molecule has 0 aliphatic carbocycles. The molecule has 132 valence electrons. The highest BCUT2D eigenvalue weighted by Crippen LogP contribution is 2.17. The number of hydrogen-bond acceptors (Lipinski definition) is 3. The number of rotatable bonds is 5. The van der Waals surface area contributed by atoms with E-state index in [4.69, 9.17) is 0 Å². The first-order chi connectivity index (χ1) is 12.5. The molecule has 3 rings (SSSR count). The monoisotopic (exact) mass is 411 g/mol. The third kappa shape index (κ3) is 4.26.